The van der Waals surface area contributed by atoms with Crippen LogP contribution in [-0.4, -0.2) is 28.7 Å². The third-order valence-electron chi connectivity index (χ3n) is 4.75. The Morgan fingerprint density at radius 2 is 2.04 bits per heavy atom. The molecule has 2 aliphatic heterocycles. The van der Waals surface area contributed by atoms with E-state index in [1.807, 2.05) is 31.7 Å². The Hall–Kier alpha value is -1.91. The molecule has 0 aliphatic carbocycles. The van der Waals surface area contributed by atoms with E-state index < -0.39 is 12.0 Å². The average Bonchev–Trinajstić information content (AvgIpc) is 2.52. The van der Waals surface area contributed by atoms with Gasteiger partial charge in [-0.15, -0.1) is 0 Å². The maximum absolute atomic E-state index is 13.0. The van der Waals surface area contributed by atoms with Gasteiger partial charge in [0.2, 0.25) is 0 Å². The topological polar surface area (TPSA) is 29.5 Å². The van der Waals surface area contributed by atoms with Crippen molar-refractivity contribution >= 4 is 11.7 Å². The summed E-state index contributed by atoms with van der Waals surface area (Å²) in [7, 11) is 0. The molecule has 2 unspecified atom stereocenters. The van der Waals surface area contributed by atoms with E-state index in [4.69, 9.17) is 4.74 Å². The number of rotatable bonds is 2. The number of nitrogens with zero attached hydrogens (tertiary/aromatic N) is 1. The fourth-order valence-corrected chi connectivity index (χ4v) is 3.72. The molecule has 2 atom stereocenters. The quantitative estimate of drug-likeness (QED) is 0.698. The van der Waals surface area contributed by atoms with Crippen LogP contribution in [0.5, 0.6) is 0 Å². The fraction of sp³-hybridized carbons (Fsp3) is 0.550. The first-order valence-electron chi connectivity index (χ1n) is 8.85. The number of alkyl halides is 2. The molecule has 2 heterocycles. The summed E-state index contributed by atoms with van der Waals surface area (Å²) in [5.41, 5.74) is 1.40. The van der Waals surface area contributed by atoms with Gasteiger partial charge in [-0.1, -0.05) is 24.3 Å². The van der Waals surface area contributed by atoms with Crippen molar-refractivity contribution in [3.8, 4) is 0 Å². The Morgan fingerprint density at radius 3 is 2.68 bits per heavy atom. The zero-order valence-corrected chi connectivity index (χ0v) is 15.0. The molecule has 0 aromatic heterocycles. The molecule has 0 spiro atoms. The minimum atomic E-state index is -2.47. The molecule has 0 saturated carbocycles. The number of halogens is 2. The molecule has 0 N–H and O–H groups in total. The van der Waals surface area contributed by atoms with Gasteiger partial charge in [0.25, 0.3) is 6.43 Å². The number of benzene rings is 1. The van der Waals surface area contributed by atoms with Gasteiger partial charge in [0, 0.05) is 11.6 Å². The van der Waals surface area contributed by atoms with Gasteiger partial charge in [-0.05, 0) is 63.7 Å². The van der Waals surface area contributed by atoms with Gasteiger partial charge in [0.1, 0.15) is 5.60 Å². The first kappa shape index (κ1) is 17.9. The van der Waals surface area contributed by atoms with Crippen LogP contribution in [0.15, 0.2) is 30.3 Å². The van der Waals surface area contributed by atoms with Crippen LogP contribution in [0.3, 0.4) is 0 Å². The summed E-state index contributed by atoms with van der Waals surface area (Å²) >= 11 is 0. The Balaban J connectivity index is 1.86. The van der Waals surface area contributed by atoms with Crippen LogP contribution >= 0.6 is 0 Å². The van der Waals surface area contributed by atoms with E-state index in [1.54, 1.807) is 12.1 Å². The van der Waals surface area contributed by atoms with Crippen molar-refractivity contribution in [2.24, 2.45) is 0 Å². The molecule has 2 aliphatic rings. The van der Waals surface area contributed by atoms with Gasteiger partial charge in [0.15, 0.2) is 0 Å². The highest BCUT2D eigenvalue weighted by molar-refractivity contribution is 5.75. The summed E-state index contributed by atoms with van der Waals surface area (Å²) in [5, 5.41) is 0. The zero-order chi connectivity index (χ0) is 18.2. The number of carbonyl (C=O) groups is 1. The highest BCUT2D eigenvalue weighted by Gasteiger charge is 2.39. The lowest BCUT2D eigenvalue weighted by molar-refractivity contribution is 0.0000845. The Kier molecular flexibility index (Phi) is 4.85. The monoisotopic (exact) mass is 349 g/mol. The summed E-state index contributed by atoms with van der Waals surface area (Å²) in [6, 6.07) is 6.61. The van der Waals surface area contributed by atoms with Crippen molar-refractivity contribution in [1.29, 1.82) is 0 Å². The van der Waals surface area contributed by atoms with Crippen LogP contribution in [-0.2, 0) is 4.74 Å². The molecule has 1 saturated heterocycles. The van der Waals surface area contributed by atoms with E-state index in [-0.39, 0.29) is 23.7 Å². The number of hydrogen-bond acceptors (Lipinski definition) is 2. The smallest absolute Gasteiger partial charge is 0.411 e. The number of ether oxygens (including phenoxy) is 1. The molecule has 5 heteroatoms. The fourth-order valence-electron chi connectivity index (χ4n) is 3.72. The van der Waals surface area contributed by atoms with Crippen molar-refractivity contribution < 1.29 is 18.3 Å². The lowest BCUT2D eigenvalue weighted by atomic mass is 9.83. The molecule has 3 rings (SSSR count). The number of amides is 1. The first-order valence-corrected chi connectivity index (χ1v) is 8.85. The lowest BCUT2D eigenvalue weighted by Crippen LogP contribution is -2.53. The van der Waals surface area contributed by atoms with Crippen LogP contribution < -0.4 is 0 Å². The highest BCUT2D eigenvalue weighted by atomic mass is 19.3. The summed E-state index contributed by atoms with van der Waals surface area (Å²) in [4.78, 5) is 14.4. The molecule has 1 fully saturated rings. The molecule has 2 bridgehead atoms. The number of fused-ring (bicyclic) bond motifs is 2. The Bertz CT molecular complexity index is 679. The molecule has 0 radical (unpaired) electrons. The van der Waals surface area contributed by atoms with E-state index in [0.29, 0.717) is 6.42 Å². The second kappa shape index (κ2) is 6.77. The van der Waals surface area contributed by atoms with Crippen molar-refractivity contribution in [2.75, 3.05) is 0 Å². The van der Waals surface area contributed by atoms with E-state index in [0.717, 1.165) is 30.4 Å². The maximum Gasteiger partial charge on any atom is 0.411 e. The Labute approximate surface area is 147 Å². The summed E-state index contributed by atoms with van der Waals surface area (Å²) in [5.74, 6) is 0. The molecule has 136 valence electrons. The Morgan fingerprint density at radius 1 is 1.28 bits per heavy atom. The standard InChI is InChI=1S/C20H25F2NO2/c1-20(2,3)25-19(24)23-16-8-5-9-17(23)12-15(11-16)13-6-4-7-14(10-13)18(21)22/h4,6-7,10-11,16-18H,5,8-9,12H2,1-3H3. The highest BCUT2D eigenvalue weighted by Crippen LogP contribution is 2.38. The third-order valence-corrected chi connectivity index (χ3v) is 4.75. The predicted molar refractivity (Wildman–Crippen MR) is 93.5 cm³/mol. The summed E-state index contributed by atoms with van der Waals surface area (Å²) in [6.45, 7) is 5.59. The first-order chi connectivity index (χ1) is 11.7. The maximum atomic E-state index is 13.0. The van der Waals surface area contributed by atoms with Gasteiger partial charge in [-0.2, -0.15) is 0 Å². The minimum Gasteiger partial charge on any atom is -0.444 e. The van der Waals surface area contributed by atoms with Crippen molar-refractivity contribution in [3.05, 3.63) is 41.5 Å². The minimum absolute atomic E-state index is 0.0208. The number of carbonyl (C=O) groups excluding carboxylic acids is 1. The van der Waals surface area contributed by atoms with E-state index in [1.165, 1.54) is 6.07 Å². The van der Waals surface area contributed by atoms with Crippen LogP contribution in [0.2, 0.25) is 0 Å². The number of hydrogen-bond donors (Lipinski definition) is 0. The van der Waals surface area contributed by atoms with Crippen molar-refractivity contribution in [2.45, 2.75) is 70.6 Å². The molecule has 1 amide bonds. The second-order valence-electron chi connectivity index (χ2n) is 7.86. The molecule has 1 aromatic rings. The lowest BCUT2D eigenvalue weighted by Gasteiger charge is -2.45. The SMILES string of the molecule is CC(C)(C)OC(=O)N1C2C=C(c3cccc(C(F)F)c3)CC1CCC2. The number of piperidine rings is 1. The second-order valence-corrected chi connectivity index (χ2v) is 7.86. The summed E-state index contributed by atoms with van der Waals surface area (Å²) < 4.78 is 31.5. The molecule has 3 nitrogen and oxygen atoms in total. The largest absolute Gasteiger partial charge is 0.444 e. The van der Waals surface area contributed by atoms with Crippen molar-refractivity contribution in [1.82, 2.24) is 4.90 Å². The van der Waals surface area contributed by atoms with Gasteiger partial charge in [-0.25, -0.2) is 13.6 Å². The van der Waals surface area contributed by atoms with Crippen molar-refractivity contribution in [3.63, 3.8) is 0 Å². The van der Waals surface area contributed by atoms with Gasteiger partial charge in [0.05, 0.1) is 6.04 Å². The van der Waals surface area contributed by atoms with Gasteiger partial charge < -0.3 is 4.74 Å². The van der Waals surface area contributed by atoms with Crippen LogP contribution in [0.1, 0.15) is 64.0 Å². The van der Waals surface area contributed by atoms with Crippen LogP contribution in [0.4, 0.5) is 13.6 Å². The average molecular weight is 349 g/mol. The zero-order valence-electron chi connectivity index (χ0n) is 15.0. The van der Waals surface area contributed by atoms with Gasteiger partial charge >= 0.3 is 6.09 Å². The molecule has 25 heavy (non-hydrogen) atoms. The molecular formula is C20H25F2NO2. The molecule has 1 aromatic carbocycles. The summed E-state index contributed by atoms with van der Waals surface area (Å²) in [6.07, 6.45) is 2.86. The normalized spacial score (nSPS) is 23.4. The third kappa shape index (κ3) is 4.02. The van der Waals surface area contributed by atoms with E-state index in [9.17, 15) is 13.6 Å². The van der Waals surface area contributed by atoms with Crippen LogP contribution in [0.25, 0.3) is 5.57 Å². The van der Waals surface area contributed by atoms with E-state index >= 15 is 0 Å². The van der Waals surface area contributed by atoms with Gasteiger partial charge in [-0.3, -0.25) is 4.90 Å². The molecular weight excluding hydrogens is 324 g/mol. The predicted octanol–water partition coefficient (Wildman–Crippen LogP) is 5.57. The van der Waals surface area contributed by atoms with E-state index in [2.05, 4.69) is 6.08 Å². The van der Waals surface area contributed by atoms with Crippen LogP contribution in [0, 0.1) is 0 Å².